The predicted molar refractivity (Wildman–Crippen MR) is 84.2 cm³/mol. The second-order valence-corrected chi connectivity index (χ2v) is 7.09. The molecule has 1 aromatic rings. The van der Waals surface area contributed by atoms with Gasteiger partial charge in [-0.05, 0) is 47.5 Å². The average molecular weight is 379 g/mol. The number of benzene rings is 1. The van der Waals surface area contributed by atoms with Crippen molar-refractivity contribution in [3.05, 3.63) is 22.7 Å². The summed E-state index contributed by atoms with van der Waals surface area (Å²) in [5.41, 5.74) is 5.99. The maximum absolute atomic E-state index is 12.7. The zero-order valence-electron chi connectivity index (χ0n) is 12.0. The van der Waals surface area contributed by atoms with Gasteiger partial charge in [0.15, 0.2) is 0 Å². The molecule has 0 amide bonds. The van der Waals surface area contributed by atoms with Gasteiger partial charge in [0.05, 0.1) is 11.5 Å². The molecule has 0 fully saturated rings. The van der Waals surface area contributed by atoms with E-state index in [1.807, 2.05) is 6.92 Å². The second-order valence-electron chi connectivity index (χ2n) is 4.33. The van der Waals surface area contributed by atoms with Gasteiger partial charge in [-0.2, -0.15) is 4.31 Å². The van der Waals surface area contributed by atoms with Crippen LogP contribution in [0.2, 0.25) is 0 Å². The number of nitrogens with zero attached hydrogens (tertiary/aromatic N) is 1. The minimum Gasteiger partial charge on any atom is -0.465 e. The van der Waals surface area contributed by atoms with E-state index in [0.29, 0.717) is 16.6 Å². The van der Waals surface area contributed by atoms with Crippen molar-refractivity contribution in [3.63, 3.8) is 0 Å². The molecule has 1 aromatic carbocycles. The van der Waals surface area contributed by atoms with E-state index in [2.05, 4.69) is 15.9 Å². The number of hydrogen-bond donors (Lipinski definition) is 1. The van der Waals surface area contributed by atoms with Gasteiger partial charge in [0.1, 0.15) is 6.54 Å². The van der Waals surface area contributed by atoms with Gasteiger partial charge in [-0.3, -0.25) is 4.79 Å². The van der Waals surface area contributed by atoms with Crippen LogP contribution in [-0.2, 0) is 19.6 Å². The number of rotatable bonds is 7. The van der Waals surface area contributed by atoms with Crippen LogP contribution < -0.4 is 5.73 Å². The number of nitrogen functional groups attached to an aromatic ring is 1. The molecule has 0 atom stereocenters. The van der Waals surface area contributed by atoms with E-state index in [9.17, 15) is 13.2 Å². The number of nitrogens with two attached hydrogens (primary N) is 1. The van der Waals surface area contributed by atoms with E-state index in [-0.39, 0.29) is 24.6 Å². The third-order valence-corrected chi connectivity index (χ3v) is 5.50. The molecule has 0 heterocycles. The Morgan fingerprint density at radius 2 is 2.05 bits per heavy atom. The van der Waals surface area contributed by atoms with Gasteiger partial charge in [-0.1, -0.05) is 6.92 Å². The molecule has 0 spiro atoms. The normalized spacial score (nSPS) is 11.6. The van der Waals surface area contributed by atoms with Crippen molar-refractivity contribution in [1.82, 2.24) is 4.31 Å². The van der Waals surface area contributed by atoms with E-state index >= 15 is 0 Å². The first-order chi connectivity index (χ1) is 9.82. The van der Waals surface area contributed by atoms with Crippen molar-refractivity contribution in [2.45, 2.75) is 25.2 Å². The monoisotopic (exact) mass is 378 g/mol. The Labute approximate surface area is 133 Å². The summed E-state index contributed by atoms with van der Waals surface area (Å²) in [4.78, 5) is 11.6. The molecule has 0 bridgehead atoms. The minimum atomic E-state index is -3.82. The summed E-state index contributed by atoms with van der Waals surface area (Å²) < 4.78 is 31.7. The Bertz CT molecular complexity index is 604. The van der Waals surface area contributed by atoms with Crippen LogP contribution in [0.4, 0.5) is 5.69 Å². The highest BCUT2D eigenvalue weighted by Gasteiger charge is 2.28. The second kappa shape index (κ2) is 7.77. The number of sulfonamides is 1. The first-order valence-electron chi connectivity index (χ1n) is 6.53. The van der Waals surface area contributed by atoms with Crippen molar-refractivity contribution < 1.29 is 17.9 Å². The Balaban J connectivity index is 3.15. The molecule has 0 aliphatic carbocycles. The number of hydrogen-bond acceptors (Lipinski definition) is 5. The topological polar surface area (TPSA) is 89.7 Å². The van der Waals surface area contributed by atoms with Gasteiger partial charge in [-0.15, -0.1) is 0 Å². The number of esters is 1. The van der Waals surface area contributed by atoms with Gasteiger partial charge in [0, 0.05) is 16.7 Å². The lowest BCUT2D eigenvalue weighted by atomic mass is 10.3. The van der Waals surface area contributed by atoms with Crippen LogP contribution in [0.5, 0.6) is 0 Å². The van der Waals surface area contributed by atoms with Crippen molar-refractivity contribution in [2.75, 3.05) is 25.4 Å². The fraction of sp³-hybridized carbons (Fsp3) is 0.462. The average Bonchev–Trinajstić information content (AvgIpc) is 2.41. The highest BCUT2D eigenvalue weighted by molar-refractivity contribution is 9.10. The van der Waals surface area contributed by atoms with E-state index in [4.69, 9.17) is 10.5 Å². The largest absolute Gasteiger partial charge is 0.465 e. The van der Waals surface area contributed by atoms with E-state index < -0.39 is 16.0 Å². The number of ether oxygens (including phenoxy) is 1. The zero-order valence-corrected chi connectivity index (χ0v) is 14.4. The lowest BCUT2D eigenvalue weighted by molar-refractivity contribution is -0.143. The summed E-state index contributed by atoms with van der Waals surface area (Å²) in [6.45, 7) is 3.63. The van der Waals surface area contributed by atoms with Gasteiger partial charge in [-0.25, -0.2) is 8.42 Å². The molecule has 0 aromatic heterocycles. The molecule has 8 heteroatoms. The molecule has 0 radical (unpaired) electrons. The van der Waals surface area contributed by atoms with Crippen molar-refractivity contribution in [1.29, 1.82) is 0 Å². The standard InChI is InChI=1S/C13H19BrN2O4S/c1-3-7-16(9-13(17)20-4-2)21(18,19)12-8-10(15)5-6-11(12)14/h5-6,8H,3-4,7,9,15H2,1-2H3. The highest BCUT2D eigenvalue weighted by atomic mass is 79.9. The SMILES string of the molecule is CCCN(CC(=O)OCC)S(=O)(=O)c1cc(N)ccc1Br. The summed E-state index contributed by atoms with van der Waals surface area (Å²) in [5.74, 6) is -0.574. The first-order valence-corrected chi connectivity index (χ1v) is 8.77. The quantitative estimate of drug-likeness (QED) is 0.578. The molecule has 0 saturated heterocycles. The molecule has 2 N–H and O–H groups in total. The molecule has 118 valence electrons. The first kappa shape index (κ1) is 17.9. The van der Waals surface area contributed by atoms with Gasteiger partial charge in [0.25, 0.3) is 0 Å². The zero-order chi connectivity index (χ0) is 16.0. The molecule has 21 heavy (non-hydrogen) atoms. The highest BCUT2D eigenvalue weighted by Crippen LogP contribution is 2.27. The Morgan fingerprint density at radius 3 is 2.62 bits per heavy atom. The number of anilines is 1. The van der Waals surface area contributed by atoms with Gasteiger partial charge < -0.3 is 10.5 Å². The summed E-state index contributed by atoms with van der Waals surface area (Å²) in [6, 6.07) is 4.53. The summed E-state index contributed by atoms with van der Waals surface area (Å²) in [6.07, 6.45) is 0.582. The van der Waals surface area contributed by atoms with E-state index in [1.54, 1.807) is 19.1 Å². The fourth-order valence-corrected chi connectivity index (χ4v) is 4.18. The van der Waals surface area contributed by atoms with E-state index in [0.717, 1.165) is 4.31 Å². The molecule has 0 aliphatic rings. The molecule has 0 unspecified atom stereocenters. The lowest BCUT2D eigenvalue weighted by Crippen LogP contribution is -2.37. The van der Waals surface area contributed by atoms with Crippen LogP contribution in [0.25, 0.3) is 0 Å². The summed E-state index contributed by atoms with van der Waals surface area (Å²) in [5, 5.41) is 0. The molecular formula is C13H19BrN2O4S. The smallest absolute Gasteiger partial charge is 0.321 e. The summed E-state index contributed by atoms with van der Waals surface area (Å²) >= 11 is 3.21. The Kier molecular flexibility index (Phi) is 6.63. The maximum atomic E-state index is 12.7. The van der Waals surface area contributed by atoms with Gasteiger partial charge >= 0.3 is 5.97 Å². The third-order valence-electron chi connectivity index (χ3n) is 2.66. The van der Waals surface area contributed by atoms with Gasteiger partial charge in [0.2, 0.25) is 10.0 Å². The van der Waals surface area contributed by atoms with Crippen molar-refractivity contribution in [3.8, 4) is 0 Å². The molecular weight excluding hydrogens is 360 g/mol. The third kappa shape index (κ3) is 4.69. The van der Waals surface area contributed by atoms with Crippen molar-refractivity contribution in [2.24, 2.45) is 0 Å². The maximum Gasteiger partial charge on any atom is 0.321 e. The Morgan fingerprint density at radius 1 is 1.38 bits per heavy atom. The van der Waals surface area contributed by atoms with Crippen molar-refractivity contribution >= 4 is 37.6 Å². The molecule has 6 nitrogen and oxygen atoms in total. The lowest BCUT2D eigenvalue weighted by Gasteiger charge is -2.21. The molecule has 0 aliphatic heterocycles. The molecule has 0 saturated carbocycles. The predicted octanol–water partition coefficient (Wildman–Crippen LogP) is 2.00. The fourth-order valence-electron chi connectivity index (χ4n) is 1.74. The Hall–Kier alpha value is -1.12. The molecule has 1 rings (SSSR count). The van der Waals surface area contributed by atoms with Crippen LogP contribution in [0, 0.1) is 0 Å². The number of halogens is 1. The summed E-state index contributed by atoms with van der Waals surface area (Å²) in [7, 11) is -3.82. The van der Waals surface area contributed by atoms with Crippen LogP contribution in [0.1, 0.15) is 20.3 Å². The number of carbonyl (C=O) groups excluding carboxylic acids is 1. The van der Waals surface area contributed by atoms with E-state index in [1.165, 1.54) is 6.07 Å². The van der Waals surface area contributed by atoms with Crippen LogP contribution in [0.3, 0.4) is 0 Å². The minimum absolute atomic E-state index is 0.0419. The van der Waals surface area contributed by atoms with Crippen LogP contribution in [0.15, 0.2) is 27.6 Å². The number of carbonyl (C=O) groups is 1. The van der Waals surface area contributed by atoms with Crippen LogP contribution >= 0.6 is 15.9 Å². The van der Waals surface area contributed by atoms with Crippen LogP contribution in [-0.4, -0.2) is 38.4 Å².